The van der Waals surface area contributed by atoms with Crippen LogP contribution in [0.5, 0.6) is 0 Å². The summed E-state index contributed by atoms with van der Waals surface area (Å²) < 4.78 is 0. The SMILES string of the molecule is CCN(C(C)C)C1CC(O)CCC1C(C)(C)CC. The van der Waals surface area contributed by atoms with Gasteiger partial charge in [0, 0.05) is 12.1 Å². The van der Waals surface area contributed by atoms with Crippen molar-refractivity contribution in [1.82, 2.24) is 4.90 Å². The van der Waals surface area contributed by atoms with Crippen LogP contribution in [0.3, 0.4) is 0 Å². The summed E-state index contributed by atoms with van der Waals surface area (Å²) in [6.45, 7) is 15.0. The van der Waals surface area contributed by atoms with Crippen LogP contribution < -0.4 is 0 Å². The fraction of sp³-hybridized carbons (Fsp3) is 1.00. The molecule has 1 fully saturated rings. The zero-order chi connectivity index (χ0) is 13.9. The van der Waals surface area contributed by atoms with E-state index >= 15 is 0 Å². The molecule has 3 atom stereocenters. The van der Waals surface area contributed by atoms with E-state index in [0.29, 0.717) is 23.4 Å². The quantitative estimate of drug-likeness (QED) is 0.810. The molecule has 1 saturated carbocycles. The van der Waals surface area contributed by atoms with Gasteiger partial charge in [0.15, 0.2) is 0 Å². The Hall–Kier alpha value is -0.0800. The second kappa shape index (κ2) is 6.38. The van der Waals surface area contributed by atoms with E-state index in [-0.39, 0.29) is 6.10 Å². The Balaban J connectivity index is 2.92. The minimum Gasteiger partial charge on any atom is -0.393 e. The Kier molecular flexibility index (Phi) is 5.67. The minimum atomic E-state index is -0.0910. The van der Waals surface area contributed by atoms with Crippen LogP contribution in [0.2, 0.25) is 0 Å². The lowest BCUT2D eigenvalue weighted by molar-refractivity contribution is -0.0271. The molecule has 0 aromatic heterocycles. The number of nitrogens with zero attached hydrogens (tertiary/aromatic N) is 1. The lowest BCUT2D eigenvalue weighted by Gasteiger charge is -2.49. The first kappa shape index (κ1) is 16.0. The normalized spacial score (nSPS) is 30.2. The highest BCUT2D eigenvalue weighted by Crippen LogP contribution is 2.43. The van der Waals surface area contributed by atoms with Crippen LogP contribution in [0.25, 0.3) is 0 Å². The zero-order valence-electron chi connectivity index (χ0n) is 13.2. The average Bonchev–Trinajstić information content (AvgIpc) is 2.29. The molecule has 108 valence electrons. The van der Waals surface area contributed by atoms with Gasteiger partial charge in [0.25, 0.3) is 0 Å². The number of hydrogen-bond donors (Lipinski definition) is 1. The maximum absolute atomic E-state index is 10.0. The second-order valence-electron chi connectivity index (χ2n) is 6.91. The van der Waals surface area contributed by atoms with Gasteiger partial charge in [0.05, 0.1) is 6.10 Å². The maximum Gasteiger partial charge on any atom is 0.0555 e. The van der Waals surface area contributed by atoms with Gasteiger partial charge in [0.2, 0.25) is 0 Å². The molecular formula is C16H33NO. The molecule has 0 aromatic rings. The van der Waals surface area contributed by atoms with E-state index in [1.54, 1.807) is 0 Å². The molecule has 0 spiro atoms. The van der Waals surface area contributed by atoms with Gasteiger partial charge in [0.1, 0.15) is 0 Å². The molecule has 1 rings (SSSR count). The summed E-state index contributed by atoms with van der Waals surface area (Å²) in [5.74, 6) is 0.716. The Bertz CT molecular complexity index is 249. The summed E-state index contributed by atoms with van der Waals surface area (Å²) in [5.41, 5.74) is 0.382. The monoisotopic (exact) mass is 255 g/mol. The summed E-state index contributed by atoms with van der Waals surface area (Å²) in [6.07, 6.45) is 4.25. The van der Waals surface area contributed by atoms with Gasteiger partial charge in [-0.1, -0.05) is 34.1 Å². The largest absolute Gasteiger partial charge is 0.393 e. The van der Waals surface area contributed by atoms with E-state index in [9.17, 15) is 5.11 Å². The van der Waals surface area contributed by atoms with Crippen LogP contribution in [0.4, 0.5) is 0 Å². The fourth-order valence-corrected chi connectivity index (χ4v) is 3.65. The molecule has 0 radical (unpaired) electrons. The highest BCUT2D eigenvalue weighted by Gasteiger charge is 2.41. The molecular weight excluding hydrogens is 222 g/mol. The van der Waals surface area contributed by atoms with E-state index in [0.717, 1.165) is 19.4 Å². The topological polar surface area (TPSA) is 23.5 Å². The Morgan fingerprint density at radius 1 is 1.22 bits per heavy atom. The lowest BCUT2D eigenvalue weighted by atomic mass is 9.66. The predicted molar refractivity (Wildman–Crippen MR) is 78.7 cm³/mol. The molecule has 1 N–H and O–H groups in total. The number of hydrogen-bond acceptors (Lipinski definition) is 2. The Morgan fingerprint density at radius 2 is 1.83 bits per heavy atom. The van der Waals surface area contributed by atoms with E-state index in [1.165, 1.54) is 12.8 Å². The van der Waals surface area contributed by atoms with Gasteiger partial charge in [-0.15, -0.1) is 0 Å². The summed E-state index contributed by atoms with van der Waals surface area (Å²) in [5, 5.41) is 10.0. The number of aliphatic hydroxyl groups excluding tert-OH is 1. The highest BCUT2D eigenvalue weighted by atomic mass is 16.3. The maximum atomic E-state index is 10.0. The summed E-state index contributed by atoms with van der Waals surface area (Å²) in [6, 6.07) is 1.12. The molecule has 0 aliphatic heterocycles. The number of aliphatic hydroxyl groups is 1. The Labute approximate surface area is 114 Å². The summed E-state index contributed by atoms with van der Waals surface area (Å²) in [4.78, 5) is 2.59. The molecule has 0 bridgehead atoms. The third-order valence-electron chi connectivity index (χ3n) is 5.16. The fourth-order valence-electron chi connectivity index (χ4n) is 3.65. The number of rotatable bonds is 5. The van der Waals surface area contributed by atoms with Crippen molar-refractivity contribution < 1.29 is 5.11 Å². The molecule has 1 aliphatic carbocycles. The standard InChI is InChI=1S/C16H33NO/c1-7-16(5,6)14-10-9-13(18)11-15(14)17(8-2)12(3)4/h12-15,18H,7-11H2,1-6H3. The molecule has 3 unspecified atom stereocenters. The van der Waals surface area contributed by atoms with Crippen LogP contribution in [-0.2, 0) is 0 Å². The van der Waals surface area contributed by atoms with Gasteiger partial charge >= 0.3 is 0 Å². The van der Waals surface area contributed by atoms with Crippen molar-refractivity contribution in [2.75, 3.05) is 6.54 Å². The van der Waals surface area contributed by atoms with Crippen LogP contribution >= 0.6 is 0 Å². The van der Waals surface area contributed by atoms with Crippen molar-refractivity contribution >= 4 is 0 Å². The summed E-state index contributed by atoms with van der Waals surface area (Å²) >= 11 is 0. The van der Waals surface area contributed by atoms with E-state index in [4.69, 9.17) is 0 Å². The first-order valence-electron chi connectivity index (χ1n) is 7.77. The molecule has 2 nitrogen and oxygen atoms in total. The Morgan fingerprint density at radius 3 is 2.28 bits per heavy atom. The molecule has 0 aromatic carbocycles. The third-order valence-corrected chi connectivity index (χ3v) is 5.16. The van der Waals surface area contributed by atoms with E-state index in [2.05, 4.69) is 46.4 Å². The van der Waals surface area contributed by atoms with Crippen molar-refractivity contribution in [3.63, 3.8) is 0 Å². The van der Waals surface area contributed by atoms with Crippen LogP contribution in [-0.4, -0.2) is 34.7 Å². The van der Waals surface area contributed by atoms with Crippen LogP contribution in [0.1, 0.15) is 67.2 Å². The highest BCUT2D eigenvalue weighted by molar-refractivity contribution is 4.94. The second-order valence-corrected chi connectivity index (χ2v) is 6.91. The van der Waals surface area contributed by atoms with Gasteiger partial charge in [-0.25, -0.2) is 0 Å². The molecule has 1 aliphatic rings. The van der Waals surface area contributed by atoms with E-state index < -0.39 is 0 Å². The first-order chi connectivity index (χ1) is 8.33. The predicted octanol–water partition coefficient (Wildman–Crippen LogP) is 3.68. The van der Waals surface area contributed by atoms with Crippen molar-refractivity contribution in [2.45, 2.75) is 85.4 Å². The molecule has 2 heteroatoms. The summed E-state index contributed by atoms with van der Waals surface area (Å²) in [7, 11) is 0. The minimum absolute atomic E-state index is 0.0910. The van der Waals surface area contributed by atoms with Crippen LogP contribution in [0.15, 0.2) is 0 Å². The van der Waals surface area contributed by atoms with Gasteiger partial charge in [-0.05, 0) is 51.0 Å². The van der Waals surface area contributed by atoms with Crippen LogP contribution in [0, 0.1) is 11.3 Å². The van der Waals surface area contributed by atoms with Gasteiger partial charge in [-0.2, -0.15) is 0 Å². The third kappa shape index (κ3) is 3.48. The smallest absolute Gasteiger partial charge is 0.0555 e. The van der Waals surface area contributed by atoms with Crippen molar-refractivity contribution in [1.29, 1.82) is 0 Å². The zero-order valence-corrected chi connectivity index (χ0v) is 13.2. The van der Waals surface area contributed by atoms with Gasteiger partial charge < -0.3 is 5.11 Å². The van der Waals surface area contributed by atoms with Crippen molar-refractivity contribution in [3.05, 3.63) is 0 Å². The molecule has 0 heterocycles. The van der Waals surface area contributed by atoms with Crippen molar-refractivity contribution in [3.8, 4) is 0 Å². The average molecular weight is 255 g/mol. The van der Waals surface area contributed by atoms with Crippen molar-refractivity contribution in [2.24, 2.45) is 11.3 Å². The molecule has 0 saturated heterocycles. The van der Waals surface area contributed by atoms with E-state index in [1.807, 2.05) is 0 Å². The molecule has 0 amide bonds. The first-order valence-corrected chi connectivity index (χ1v) is 7.77. The lowest BCUT2D eigenvalue weighted by Crippen LogP contribution is -2.52. The molecule has 18 heavy (non-hydrogen) atoms. The van der Waals surface area contributed by atoms with Gasteiger partial charge in [-0.3, -0.25) is 4.90 Å².